The number of alkyl halides is 1. The average molecular weight is 311 g/mol. The van der Waals surface area contributed by atoms with Crippen molar-refractivity contribution in [2.75, 3.05) is 19.5 Å². The molecule has 1 aromatic heterocycles. The van der Waals surface area contributed by atoms with Crippen LogP contribution in [0.4, 0.5) is 5.82 Å². The maximum atomic E-state index is 12.1. The van der Waals surface area contributed by atoms with E-state index in [9.17, 15) is 4.79 Å². The lowest BCUT2D eigenvalue weighted by molar-refractivity contribution is -0.116. The minimum absolute atomic E-state index is 0.323. The number of hydrogen-bond acceptors (Lipinski definition) is 5. The third-order valence-corrected chi connectivity index (χ3v) is 3.26. The van der Waals surface area contributed by atoms with Crippen LogP contribution in [-0.4, -0.2) is 25.3 Å². The van der Waals surface area contributed by atoms with Crippen molar-refractivity contribution in [3.8, 4) is 11.5 Å². The van der Waals surface area contributed by atoms with E-state index in [1.807, 2.05) is 0 Å². The van der Waals surface area contributed by atoms with E-state index in [2.05, 4.69) is 10.5 Å². The first-order chi connectivity index (χ1) is 10.0. The Labute approximate surface area is 127 Å². The minimum atomic E-state index is -0.887. The van der Waals surface area contributed by atoms with Crippen molar-refractivity contribution >= 4 is 23.3 Å². The van der Waals surface area contributed by atoms with Gasteiger partial charge in [0.25, 0.3) is 0 Å². The van der Waals surface area contributed by atoms with Gasteiger partial charge in [-0.2, -0.15) is 0 Å². The van der Waals surface area contributed by atoms with Crippen LogP contribution in [0.25, 0.3) is 0 Å². The summed E-state index contributed by atoms with van der Waals surface area (Å²) in [4.78, 5) is 12.1. The predicted molar refractivity (Wildman–Crippen MR) is 78.0 cm³/mol. The number of nitrogens with one attached hydrogen (secondary N) is 1. The van der Waals surface area contributed by atoms with Gasteiger partial charge in [-0.3, -0.25) is 4.79 Å². The molecule has 1 amide bonds. The number of aromatic nitrogens is 1. The summed E-state index contributed by atoms with van der Waals surface area (Å²) in [7, 11) is 3.05. The lowest BCUT2D eigenvalue weighted by Gasteiger charge is -2.12. The van der Waals surface area contributed by atoms with Crippen molar-refractivity contribution in [3.63, 3.8) is 0 Å². The monoisotopic (exact) mass is 310 g/mol. The molecule has 0 aliphatic rings. The van der Waals surface area contributed by atoms with Crippen molar-refractivity contribution in [2.45, 2.75) is 12.3 Å². The molecule has 0 saturated heterocycles. The van der Waals surface area contributed by atoms with E-state index in [0.29, 0.717) is 28.6 Å². The number of aryl methyl sites for hydroxylation is 1. The van der Waals surface area contributed by atoms with Gasteiger partial charge in [-0.15, -0.1) is 11.6 Å². The highest BCUT2D eigenvalue weighted by Gasteiger charge is 2.20. The number of benzene rings is 1. The SMILES string of the molecule is COc1ccc(C(Cl)C(=O)Nc2cc(C)on2)cc1OC. The van der Waals surface area contributed by atoms with Crippen LogP contribution in [0, 0.1) is 6.92 Å². The molecule has 2 aromatic rings. The fourth-order valence-electron chi connectivity index (χ4n) is 1.78. The summed E-state index contributed by atoms with van der Waals surface area (Å²) in [5, 5.41) is 5.37. The molecule has 1 aromatic carbocycles. The Bertz CT molecular complexity index is 642. The molecule has 0 saturated carbocycles. The Hall–Kier alpha value is -2.21. The lowest BCUT2D eigenvalue weighted by atomic mass is 10.1. The summed E-state index contributed by atoms with van der Waals surface area (Å²) in [6, 6.07) is 6.66. The number of rotatable bonds is 5. The van der Waals surface area contributed by atoms with Crippen molar-refractivity contribution in [3.05, 3.63) is 35.6 Å². The fourth-order valence-corrected chi connectivity index (χ4v) is 1.97. The van der Waals surface area contributed by atoms with Gasteiger partial charge < -0.3 is 19.3 Å². The molecule has 112 valence electrons. The van der Waals surface area contributed by atoms with Gasteiger partial charge in [-0.1, -0.05) is 11.2 Å². The van der Waals surface area contributed by atoms with E-state index < -0.39 is 11.3 Å². The summed E-state index contributed by atoms with van der Waals surface area (Å²) in [5.41, 5.74) is 0.590. The van der Waals surface area contributed by atoms with E-state index in [-0.39, 0.29) is 0 Å². The molecule has 0 spiro atoms. The second-order valence-corrected chi connectivity index (χ2v) is 4.73. The van der Waals surface area contributed by atoms with Crippen LogP contribution in [0.2, 0.25) is 0 Å². The Balaban J connectivity index is 2.15. The second-order valence-electron chi connectivity index (χ2n) is 4.29. The van der Waals surface area contributed by atoms with E-state index in [1.54, 1.807) is 31.2 Å². The molecule has 0 fully saturated rings. The van der Waals surface area contributed by atoms with Gasteiger partial charge in [-0.25, -0.2) is 0 Å². The number of halogens is 1. The number of methoxy groups -OCH3 is 2. The summed E-state index contributed by atoms with van der Waals surface area (Å²) >= 11 is 6.17. The second kappa shape index (κ2) is 6.49. The van der Waals surface area contributed by atoms with E-state index >= 15 is 0 Å². The Morgan fingerprint density at radius 1 is 1.29 bits per heavy atom. The number of hydrogen-bond donors (Lipinski definition) is 1. The number of amides is 1. The normalized spacial score (nSPS) is 11.8. The molecule has 0 aliphatic carbocycles. The molecule has 21 heavy (non-hydrogen) atoms. The van der Waals surface area contributed by atoms with Crippen molar-refractivity contribution in [2.24, 2.45) is 0 Å². The van der Waals surface area contributed by atoms with Gasteiger partial charge in [0.2, 0.25) is 5.91 Å². The zero-order chi connectivity index (χ0) is 15.4. The largest absolute Gasteiger partial charge is 0.493 e. The average Bonchev–Trinajstić information content (AvgIpc) is 2.90. The standard InChI is InChI=1S/C14H15ClN2O4/c1-8-6-12(17-21-8)16-14(18)13(15)9-4-5-10(19-2)11(7-9)20-3/h4-7,13H,1-3H3,(H,16,17,18). The van der Waals surface area contributed by atoms with Gasteiger partial charge in [0.1, 0.15) is 11.1 Å². The molecule has 1 unspecified atom stereocenters. The summed E-state index contributed by atoms with van der Waals surface area (Å²) < 4.78 is 15.2. The van der Waals surface area contributed by atoms with Gasteiger partial charge in [0.15, 0.2) is 17.3 Å². The molecular formula is C14H15ClN2O4. The molecule has 1 atom stereocenters. The molecule has 1 heterocycles. The number of carbonyl (C=O) groups excluding carboxylic acids is 1. The zero-order valence-corrected chi connectivity index (χ0v) is 12.6. The molecule has 0 aliphatic heterocycles. The maximum Gasteiger partial charge on any atom is 0.248 e. The molecule has 1 N–H and O–H groups in total. The number of anilines is 1. The zero-order valence-electron chi connectivity index (χ0n) is 11.8. The third-order valence-electron chi connectivity index (χ3n) is 2.81. The molecule has 0 radical (unpaired) electrons. The van der Waals surface area contributed by atoms with E-state index in [1.165, 1.54) is 14.2 Å². The Morgan fingerprint density at radius 3 is 2.57 bits per heavy atom. The Morgan fingerprint density at radius 2 is 2.00 bits per heavy atom. The fraction of sp³-hybridized carbons (Fsp3) is 0.286. The van der Waals surface area contributed by atoms with E-state index in [4.69, 9.17) is 25.6 Å². The first kappa shape index (κ1) is 15.2. The minimum Gasteiger partial charge on any atom is -0.493 e. The highest BCUT2D eigenvalue weighted by atomic mass is 35.5. The highest BCUT2D eigenvalue weighted by Crippen LogP contribution is 2.32. The Kier molecular flexibility index (Phi) is 4.70. The molecular weight excluding hydrogens is 296 g/mol. The topological polar surface area (TPSA) is 73.6 Å². The van der Waals surface area contributed by atoms with Gasteiger partial charge in [-0.05, 0) is 24.6 Å². The van der Waals surface area contributed by atoms with Crippen LogP contribution < -0.4 is 14.8 Å². The predicted octanol–water partition coefficient (Wildman–Crippen LogP) is 2.92. The third kappa shape index (κ3) is 3.46. The van der Waals surface area contributed by atoms with Crippen molar-refractivity contribution < 1.29 is 18.8 Å². The quantitative estimate of drug-likeness (QED) is 0.860. The first-order valence-corrected chi connectivity index (χ1v) is 6.59. The smallest absolute Gasteiger partial charge is 0.248 e. The number of nitrogens with zero attached hydrogens (tertiary/aromatic N) is 1. The molecule has 6 nitrogen and oxygen atoms in total. The molecule has 7 heteroatoms. The molecule has 2 rings (SSSR count). The van der Waals surface area contributed by atoms with Crippen LogP contribution >= 0.6 is 11.6 Å². The lowest BCUT2D eigenvalue weighted by Crippen LogP contribution is -2.17. The molecule has 0 bridgehead atoms. The van der Waals surface area contributed by atoms with Crippen LogP contribution in [-0.2, 0) is 4.79 Å². The summed E-state index contributed by atoms with van der Waals surface area (Å²) in [6.07, 6.45) is 0. The van der Waals surface area contributed by atoms with Crippen molar-refractivity contribution in [1.82, 2.24) is 5.16 Å². The van der Waals surface area contributed by atoms with Crippen LogP contribution in [0.15, 0.2) is 28.8 Å². The summed E-state index contributed by atoms with van der Waals surface area (Å²) in [6.45, 7) is 1.73. The van der Waals surface area contributed by atoms with Gasteiger partial charge >= 0.3 is 0 Å². The van der Waals surface area contributed by atoms with Gasteiger partial charge in [0.05, 0.1) is 14.2 Å². The summed E-state index contributed by atoms with van der Waals surface area (Å²) in [5.74, 6) is 1.59. The van der Waals surface area contributed by atoms with E-state index in [0.717, 1.165) is 0 Å². The van der Waals surface area contributed by atoms with Crippen LogP contribution in [0.1, 0.15) is 16.7 Å². The number of ether oxygens (including phenoxy) is 2. The highest BCUT2D eigenvalue weighted by molar-refractivity contribution is 6.32. The van der Waals surface area contributed by atoms with Crippen LogP contribution in [0.3, 0.4) is 0 Å². The van der Waals surface area contributed by atoms with Crippen molar-refractivity contribution in [1.29, 1.82) is 0 Å². The van der Waals surface area contributed by atoms with Gasteiger partial charge in [0, 0.05) is 6.07 Å². The maximum absolute atomic E-state index is 12.1. The first-order valence-electron chi connectivity index (χ1n) is 6.15. The number of carbonyl (C=O) groups is 1. The van der Waals surface area contributed by atoms with Crippen LogP contribution in [0.5, 0.6) is 11.5 Å².